The number of anilines is 1. The van der Waals surface area contributed by atoms with Crippen LogP contribution in [0.15, 0.2) is 47.6 Å². The van der Waals surface area contributed by atoms with Crippen LogP contribution in [0.3, 0.4) is 0 Å². The first-order chi connectivity index (χ1) is 15.3. The van der Waals surface area contributed by atoms with Crippen molar-refractivity contribution in [3.8, 4) is 0 Å². The molecule has 0 fully saturated rings. The number of benzene rings is 2. The molecule has 0 spiro atoms. The summed E-state index contributed by atoms with van der Waals surface area (Å²) in [5.41, 5.74) is 4.73. The highest BCUT2D eigenvalue weighted by molar-refractivity contribution is 7.99. The molecule has 8 heteroatoms. The maximum absolute atomic E-state index is 12.5. The van der Waals surface area contributed by atoms with Crippen molar-refractivity contribution in [1.82, 2.24) is 20.1 Å². The first-order valence-electron chi connectivity index (χ1n) is 10.6. The molecule has 1 atom stereocenters. The van der Waals surface area contributed by atoms with Gasteiger partial charge < -0.3 is 15.2 Å². The molecular weight excluding hydrogens is 422 g/mol. The van der Waals surface area contributed by atoms with Gasteiger partial charge in [-0.15, -0.1) is 10.2 Å². The number of para-hydroxylation sites is 1. The summed E-state index contributed by atoms with van der Waals surface area (Å²) in [4.78, 5) is 25.0. The Hall–Kier alpha value is -3.13. The van der Waals surface area contributed by atoms with Gasteiger partial charge in [0.15, 0.2) is 11.0 Å². The summed E-state index contributed by atoms with van der Waals surface area (Å²) in [5, 5.41) is 15.0. The fraction of sp³-hybridized carbons (Fsp3) is 0.333. The zero-order valence-corrected chi connectivity index (χ0v) is 19.9. The van der Waals surface area contributed by atoms with Gasteiger partial charge in [0.05, 0.1) is 11.8 Å². The Morgan fingerprint density at radius 1 is 1.09 bits per heavy atom. The molecule has 3 rings (SSSR count). The molecule has 2 amide bonds. The monoisotopic (exact) mass is 451 g/mol. The van der Waals surface area contributed by atoms with Crippen LogP contribution >= 0.6 is 11.8 Å². The number of amides is 2. The average molecular weight is 452 g/mol. The van der Waals surface area contributed by atoms with Crippen LogP contribution < -0.4 is 10.6 Å². The van der Waals surface area contributed by atoms with Crippen LogP contribution in [-0.2, 0) is 18.3 Å². The van der Waals surface area contributed by atoms with E-state index < -0.39 is 0 Å². The van der Waals surface area contributed by atoms with Crippen LogP contribution in [0.1, 0.15) is 52.8 Å². The summed E-state index contributed by atoms with van der Waals surface area (Å²) < 4.78 is 1.81. The molecule has 1 heterocycles. The van der Waals surface area contributed by atoms with Crippen molar-refractivity contribution in [3.05, 3.63) is 70.5 Å². The highest BCUT2D eigenvalue weighted by Gasteiger charge is 2.19. The van der Waals surface area contributed by atoms with E-state index in [9.17, 15) is 9.59 Å². The molecular formula is C24H29N5O2S. The number of hydrogen-bond donors (Lipinski definition) is 2. The number of aryl methyl sites for hydroxylation is 3. The lowest BCUT2D eigenvalue weighted by Gasteiger charge is -2.14. The number of thioether (sulfide) groups is 1. The molecule has 168 valence electrons. The highest BCUT2D eigenvalue weighted by Crippen LogP contribution is 2.23. The van der Waals surface area contributed by atoms with Crippen molar-refractivity contribution in [2.75, 3.05) is 11.1 Å². The largest absolute Gasteiger partial charge is 0.342 e. The van der Waals surface area contributed by atoms with Crippen LogP contribution in [0.5, 0.6) is 0 Å². The van der Waals surface area contributed by atoms with E-state index in [-0.39, 0.29) is 23.6 Å². The lowest BCUT2D eigenvalue weighted by Crippen LogP contribution is -2.28. The van der Waals surface area contributed by atoms with Crippen LogP contribution in [0.2, 0.25) is 0 Å². The van der Waals surface area contributed by atoms with Gasteiger partial charge in [0.25, 0.3) is 5.91 Å². The Kier molecular flexibility index (Phi) is 7.69. The fourth-order valence-corrected chi connectivity index (χ4v) is 4.10. The normalized spacial score (nSPS) is 11.8. The Labute approximate surface area is 193 Å². The summed E-state index contributed by atoms with van der Waals surface area (Å²) in [5.74, 6) is 0.581. The number of rotatable bonds is 8. The minimum Gasteiger partial charge on any atom is -0.342 e. The molecule has 0 radical (unpaired) electrons. The Bertz CT molecular complexity index is 1110. The van der Waals surface area contributed by atoms with Gasteiger partial charge in [-0.2, -0.15) is 0 Å². The lowest BCUT2D eigenvalue weighted by atomic mass is 10.1. The molecule has 0 aliphatic rings. The van der Waals surface area contributed by atoms with E-state index in [2.05, 4.69) is 27.8 Å². The van der Waals surface area contributed by atoms with Gasteiger partial charge in [-0.1, -0.05) is 54.6 Å². The lowest BCUT2D eigenvalue weighted by molar-refractivity contribution is -0.113. The van der Waals surface area contributed by atoms with Crippen molar-refractivity contribution in [3.63, 3.8) is 0 Å². The van der Waals surface area contributed by atoms with Crippen LogP contribution in [0, 0.1) is 13.8 Å². The number of nitrogens with one attached hydrogen (secondary N) is 2. The molecule has 2 aromatic carbocycles. The predicted octanol–water partition coefficient (Wildman–Crippen LogP) is 4.22. The summed E-state index contributed by atoms with van der Waals surface area (Å²) in [6.07, 6.45) is 0.850. The quantitative estimate of drug-likeness (QED) is 0.501. The molecule has 3 aromatic rings. The predicted molar refractivity (Wildman–Crippen MR) is 128 cm³/mol. The molecule has 0 bridgehead atoms. The van der Waals surface area contributed by atoms with Gasteiger partial charge in [0.1, 0.15) is 0 Å². The SMILES string of the molecule is CCc1cccc(C)c1NC(=O)CSc1nnc([C@H](C)NC(=O)c2ccc(C)cc2)n1C. The first kappa shape index (κ1) is 23.5. The van der Waals surface area contributed by atoms with Crippen LogP contribution in [0.4, 0.5) is 5.69 Å². The molecule has 32 heavy (non-hydrogen) atoms. The molecule has 7 nitrogen and oxygen atoms in total. The summed E-state index contributed by atoms with van der Waals surface area (Å²) in [6.45, 7) is 7.90. The molecule has 2 N–H and O–H groups in total. The second-order valence-electron chi connectivity index (χ2n) is 7.76. The summed E-state index contributed by atoms with van der Waals surface area (Å²) in [7, 11) is 1.83. The third-order valence-electron chi connectivity index (χ3n) is 5.25. The number of carbonyl (C=O) groups is 2. The van der Waals surface area contributed by atoms with Crippen LogP contribution in [-0.4, -0.2) is 32.3 Å². The van der Waals surface area contributed by atoms with Crippen molar-refractivity contribution in [2.24, 2.45) is 7.05 Å². The van der Waals surface area contributed by atoms with Crippen molar-refractivity contribution in [2.45, 2.75) is 45.3 Å². The minimum absolute atomic E-state index is 0.0933. The summed E-state index contributed by atoms with van der Waals surface area (Å²) >= 11 is 1.31. The van der Waals surface area contributed by atoms with E-state index in [0.717, 1.165) is 28.8 Å². The number of nitrogens with zero attached hydrogens (tertiary/aromatic N) is 3. The first-order valence-corrected chi connectivity index (χ1v) is 11.6. The van der Waals surface area contributed by atoms with E-state index in [1.54, 1.807) is 12.1 Å². The maximum Gasteiger partial charge on any atom is 0.251 e. The topological polar surface area (TPSA) is 88.9 Å². The van der Waals surface area contributed by atoms with E-state index in [4.69, 9.17) is 0 Å². The molecule has 1 aromatic heterocycles. The molecule has 0 aliphatic carbocycles. The molecule has 0 unspecified atom stereocenters. The van der Waals surface area contributed by atoms with Gasteiger partial charge in [-0.25, -0.2) is 0 Å². The van der Waals surface area contributed by atoms with E-state index in [1.807, 2.05) is 62.7 Å². The second kappa shape index (κ2) is 10.5. The van der Waals surface area contributed by atoms with E-state index in [1.165, 1.54) is 11.8 Å². The summed E-state index contributed by atoms with van der Waals surface area (Å²) in [6, 6.07) is 13.1. The van der Waals surface area contributed by atoms with Crippen molar-refractivity contribution in [1.29, 1.82) is 0 Å². The minimum atomic E-state index is -0.330. The maximum atomic E-state index is 12.5. The van der Waals surface area contributed by atoms with Gasteiger partial charge in [0, 0.05) is 18.3 Å². The molecule has 0 saturated heterocycles. The van der Waals surface area contributed by atoms with Crippen molar-refractivity contribution >= 4 is 29.3 Å². The average Bonchev–Trinajstić information content (AvgIpc) is 3.14. The third kappa shape index (κ3) is 5.56. The third-order valence-corrected chi connectivity index (χ3v) is 6.27. The fourth-order valence-electron chi connectivity index (χ4n) is 3.39. The van der Waals surface area contributed by atoms with Gasteiger partial charge in [-0.05, 0) is 50.5 Å². The number of aromatic nitrogens is 3. The zero-order valence-electron chi connectivity index (χ0n) is 19.1. The molecule has 0 aliphatic heterocycles. The number of carbonyl (C=O) groups excluding carboxylic acids is 2. The van der Waals surface area contributed by atoms with Gasteiger partial charge in [-0.3, -0.25) is 9.59 Å². The smallest absolute Gasteiger partial charge is 0.251 e. The molecule has 0 saturated carbocycles. The van der Waals surface area contributed by atoms with E-state index in [0.29, 0.717) is 16.5 Å². The Balaban J connectivity index is 1.60. The van der Waals surface area contributed by atoms with Gasteiger partial charge in [0.2, 0.25) is 5.91 Å². The Morgan fingerprint density at radius 2 is 1.81 bits per heavy atom. The second-order valence-corrected chi connectivity index (χ2v) is 8.70. The number of hydrogen-bond acceptors (Lipinski definition) is 5. The standard InChI is InChI=1S/C24H29N5O2S/c1-6-18-9-7-8-16(3)21(18)26-20(30)14-32-24-28-27-22(29(24)5)17(4)25-23(31)19-12-10-15(2)11-13-19/h7-13,17H,6,14H2,1-5H3,(H,25,31)(H,26,30)/t17-/m0/s1. The highest BCUT2D eigenvalue weighted by atomic mass is 32.2. The Morgan fingerprint density at radius 3 is 2.50 bits per heavy atom. The zero-order chi connectivity index (χ0) is 23.3. The van der Waals surface area contributed by atoms with E-state index >= 15 is 0 Å². The van der Waals surface area contributed by atoms with Crippen LogP contribution in [0.25, 0.3) is 0 Å². The van der Waals surface area contributed by atoms with Crippen molar-refractivity contribution < 1.29 is 9.59 Å². The van der Waals surface area contributed by atoms with Gasteiger partial charge >= 0.3 is 0 Å².